The molecule has 1 aliphatic carbocycles. The fourth-order valence-corrected chi connectivity index (χ4v) is 4.41. The zero-order chi connectivity index (χ0) is 24.2. The second-order valence-electron chi connectivity index (χ2n) is 8.71. The molecule has 7 heteroatoms. The summed E-state index contributed by atoms with van der Waals surface area (Å²) in [5.74, 6) is 1.11. The average molecular weight is 472 g/mol. The molecule has 5 rings (SSSR count). The molecule has 35 heavy (non-hydrogen) atoms. The highest BCUT2D eigenvalue weighted by atomic mass is 19.1. The van der Waals surface area contributed by atoms with Crippen LogP contribution in [0.15, 0.2) is 66.9 Å². The van der Waals surface area contributed by atoms with E-state index < -0.39 is 11.7 Å². The van der Waals surface area contributed by atoms with E-state index in [9.17, 15) is 9.18 Å². The fourth-order valence-electron chi connectivity index (χ4n) is 4.41. The van der Waals surface area contributed by atoms with E-state index in [2.05, 4.69) is 15.3 Å². The van der Waals surface area contributed by atoms with Gasteiger partial charge in [0.15, 0.2) is 0 Å². The number of ether oxygens (including phenoxy) is 2. The number of hydrogen-bond donors (Lipinski definition) is 1. The van der Waals surface area contributed by atoms with Gasteiger partial charge in [0.1, 0.15) is 23.1 Å². The van der Waals surface area contributed by atoms with Gasteiger partial charge in [0, 0.05) is 40.4 Å². The molecule has 1 aliphatic rings. The number of halogens is 1. The maximum Gasteiger partial charge on any atom is 0.255 e. The number of fused-ring (bicyclic) bond motifs is 1. The normalized spacial score (nSPS) is 14.0. The highest BCUT2D eigenvalue weighted by molar-refractivity contribution is 6.10. The minimum atomic E-state index is -0.503. The molecule has 3 aromatic carbocycles. The van der Waals surface area contributed by atoms with Crippen molar-refractivity contribution in [3.63, 3.8) is 0 Å². The molecule has 0 atom stereocenters. The van der Waals surface area contributed by atoms with Gasteiger partial charge in [-0.15, -0.1) is 0 Å². The highest BCUT2D eigenvalue weighted by Crippen LogP contribution is 2.34. The molecule has 1 N–H and O–H groups in total. The third-order valence-corrected chi connectivity index (χ3v) is 6.09. The smallest absolute Gasteiger partial charge is 0.255 e. The summed E-state index contributed by atoms with van der Waals surface area (Å²) in [5, 5.41) is 4.52. The highest BCUT2D eigenvalue weighted by Gasteiger charge is 2.18. The Hall–Kier alpha value is -4.00. The Balaban J connectivity index is 1.39. The first kappa shape index (κ1) is 22.8. The van der Waals surface area contributed by atoms with Crippen LogP contribution in [0.4, 0.5) is 10.1 Å². The number of aromatic nitrogens is 2. The summed E-state index contributed by atoms with van der Waals surface area (Å²) in [6.07, 6.45) is 7.03. The van der Waals surface area contributed by atoms with Crippen LogP contribution < -0.4 is 14.8 Å². The van der Waals surface area contributed by atoms with E-state index >= 15 is 0 Å². The maximum atomic E-state index is 14.3. The van der Waals surface area contributed by atoms with E-state index in [1.165, 1.54) is 18.6 Å². The zero-order valence-electron chi connectivity index (χ0n) is 19.5. The van der Waals surface area contributed by atoms with Crippen LogP contribution in [-0.4, -0.2) is 22.0 Å². The summed E-state index contributed by atoms with van der Waals surface area (Å²) in [7, 11) is 0. The Kier molecular flexibility index (Phi) is 6.57. The van der Waals surface area contributed by atoms with Crippen LogP contribution in [0.2, 0.25) is 0 Å². The van der Waals surface area contributed by atoms with Crippen LogP contribution in [0.5, 0.6) is 17.4 Å². The summed E-state index contributed by atoms with van der Waals surface area (Å²) in [4.78, 5) is 21.5. The topological polar surface area (TPSA) is 73.3 Å². The molecular weight excluding hydrogens is 445 g/mol. The molecule has 0 spiro atoms. The molecule has 1 fully saturated rings. The monoisotopic (exact) mass is 471 g/mol. The molecule has 0 radical (unpaired) electrons. The number of aryl methyl sites for hydroxylation is 1. The molecule has 0 aliphatic heterocycles. The first-order valence-electron chi connectivity index (χ1n) is 11.8. The second kappa shape index (κ2) is 10.1. The summed E-state index contributed by atoms with van der Waals surface area (Å²) >= 11 is 0. The minimum Gasteiger partial charge on any atom is -0.490 e. The van der Waals surface area contributed by atoms with Crippen molar-refractivity contribution in [2.75, 3.05) is 5.32 Å². The van der Waals surface area contributed by atoms with Gasteiger partial charge in [-0.3, -0.25) is 4.79 Å². The number of amides is 1. The Labute approximate surface area is 203 Å². The van der Waals surface area contributed by atoms with Crippen LogP contribution in [0, 0.1) is 12.7 Å². The average Bonchev–Trinajstić information content (AvgIpc) is 2.86. The molecule has 1 heterocycles. The van der Waals surface area contributed by atoms with E-state index in [1.54, 1.807) is 37.4 Å². The van der Waals surface area contributed by atoms with Gasteiger partial charge in [0.25, 0.3) is 5.91 Å². The number of nitrogens with one attached hydrogen (secondary N) is 1. The molecule has 0 unspecified atom stereocenters. The molecule has 0 saturated heterocycles. The lowest BCUT2D eigenvalue weighted by atomic mass is 9.98. The van der Waals surface area contributed by atoms with E-state index in [0.717, 1.165) is 36.5 Å². The van der Waals surface area contributed by atoms with Crippen molar-refractivity contribution in [1.82, 2.24) is 9.97 Å². The largest absolute Gasteiger partial charge is 0.490 e. The van der Waals surface area contributed by atoms with Crippen LogP contribution in [0.3, 0.4) is 0 Å². The summed E-state index contributed by atoms with van der Waals surface area (Å²) in [6, 6.07) is 17.0. The maximum absolute atomic E-state index is 14.3. The van der Waals surface area contributed by atoms with Crippen LogP contribution >= 0.6 is 0 Å². The standard InChI is InChI=1S/C28H26FN3O3/c1-18-30-14-13-27(31-18)35-26-12-11-25(23-9-5-6-10-24(23)26)32-28(33)19-15-20(29)17-22(16-19)34-21-7-3-2-4-8-21/h5-6,9-17,21H,2-4,7-8H2,1H3,(H,32,33). The molecule has 6 nitrogen and oxygen atoms in total. The summed E-state index contributed by atoms with van der Waals surface area (Å²) < 4.78 is 26.3. The quantitative estimate of drug-likeness (QED) is 0.333. The third kappa shape index (κ3) is 5.40. The van der Waals surface area contributed by atoms with Gasteiger partial charge >= 0.3 is 0 Å². The lowest BCUT2D eigenvalue weighted by Crippen LogP contribution is -2.20. The van der Waals surface area contributed by atoms with E-state index in [1.807, 2.05) is 24.3 Å². The summed E-state index contributed by atoms with van der Waals surface area (Å²) in [5.41, 5.74) is 0.799. The predicted octanol–water partition coefficient (Wildman–Crippen LogP) is 6.83. The van der Waals surface area contributed by atoms with E-state index in [-0.39, 0.29) is 11.7 Å². The molecule has 0 bridgehead atoms. The van der Waals surface area contributed by atoms with E-state index in [4.69, 9.17) is 9.47 Å². The number of carbonyl (C=O) groups is 1. The van der Waals surface area contributed by atoms with Crippen molar-refractivity contribution in [3.8, 4) is 17.4 Å². The van der Waals surface area contributed by atoms with Gasteiger partial charge in [-0.05, 0) is 56.9 Å². The van der Waals surface area contributed by atoms with Crippen LogP contribution in [0.1, 0.15) is 48.3 Å². The van der Waals surface area contributed by atoms with Gasteiger partial charge in [-0.1, -0.05) is 30.7 Å². The molecule has 1 aromatic heterocycles. The predicted molar refractivity (Wildman–Crippen MR) is 133 cm³/mol. The lowest BCUT2D eigenvalue weighted by molar-refractivity contribution is 0.102. The number of carbonyl (C=O) groups excluding carboxylic acids is 1. The third-order valence-electron chi connectivity index (χ3n) is 6.09. The number of rotatable bonds is 6. The molecule has 4 aromatic rings. The zero-order valence-corrected chi connectivity index (χ0v) is 19.5. The Bertz CT molecular complexity index is 1370. The molecule has 1 amide bonds. The Morgan fingerprint density at radius 3 is 2.60 bits per heavy atom. The first-order chi connectivity index (χ1) is 17.0. The van der Waals surface area contributed by atoms with Crippen molar-refractivity contribution in [2.24, 2.45) is 0 Å². The Morgan fingerprint density at radius 1 is 1.00 bits per heavy atom. The van der Waals surface area contributed by atoms with Crippen molar-refractivity contribution in [3.05, 3.63) is 84.1 Å². The van der Waals surface area contributed by atoms with Crippen molar-refractivity contribution in [1.29, 1.82) is 0 Å². The molecule has 178 valence electrons. The number of hydrogen-bond acceptors (Lipinski definition) is 5. The van der Waals surface area contributed by atoms with E-state index in [0.29, 0.717) is 28.9 Å². The number of anilines is 1. The SMILES string of the molecule is Cc1nccc(Oc2ccc(NC(=O)c3cc(F)cc(OC4CCCCC4)c3)c3ccccc23)n1. The van der Waals surface area contributed by atoms with Crippen molar-refractivity contribution in [2.45, 2.75) is 45.1 Å². The van der Waals surface area contributed by atoms with Gasteiger partial charge < -0.3 is 14.8 Å². The summed E-state index contributed by atoms with van der Waals surface area (Å²) in [6.45, 7) is 1.79. The molecular formula is C28H26FN3O3. The fraction of sp³-hybridized carbons (Fsp3) is 0.250. The van der Waals surface area contributed by atoms with Gasteiger partial charge in [-0.2, -0.15) is 4.98 Å². The minimum absolute atomic E-state index is 0.0663. The number of benzene rings is 3. The van der Waals surface area contributed by atoms with Crippen molar-refractivity contribution < 1.29 is 18.7 Å². The van der Waals surface area contributed by atoms with Gasteiger partial charge in [0.2, 0.25) is 5.88 Å². The van der Waals surface area contributed by atoms with Gasteiger partial charge in [-0.25, -0.2) is 9.37 Å². The molecule has 1 saturated carbocycles. The second-order valence-corrected chi connectivity index (χ2v) is 8.71. The van der Waals surface area contributed by atoms with Crippen LogP contribution in [0.25, 0.3) is 10.8 Å². The lowest BCUT2D eigenvalue weighted by Gasteiger charge is -2.23. The number of nitrogens with zero attached hydrogens (tertiary/aromatic N) is 2. The van der Waals surface area contributed by atoms with Crippen molar-refractivity contribution >= 4 is 22.4 Å². The first-order valence-corrected chi connectivity index (χ1v) is 11.8. The van der Waals surface area contributed by atoms with Gasteiger partial charge in [0.05, 0.1) is 6.10 Å². The van der Waals surface area contributed by atoms with Crippen LogP contribution in [-0.2, 0) is 0 Å². The Morgan fingerprint density at radius 2 is 1.80 bits per heavy atom.